The third kappa shape index (κ3) is 3.37. The third-order valence-corrected chi connectivity index (χ3v) is 9.96. The fourth-order valence-corrected chi connectivity index (χ4v) is 9.51. The van der Waals surface area contributed by atoms with E-state index in [4.69, 9.17) is 0 Å². The van der Waals surface area contributed by atoms with Gasteiger partial charge in [-0.2, -0.15) is 0 Å². The van der Waals surface area contributed by atoms with Gasteiger partial charge < -0.3 is 0 Å². The first-order valence-corrected chi connectivity index (χ1v) is 10.2. The van der Waals surface area contributed by atoms with E-state index >= 15 is 0 Å². The van der Waals surface area contributed by atoms with Crippen molar-refractivity contribution >= 4 is 40.5 Å². The Hall–Kier alpha value is 0.700. The third-order valence-electron chi connectivity index (χ3n) is 2.19. The SMILES string of the molecule is SP1SCCC(Cc2ccccc2)S1. The van der Waals surface area contributed by atoms with Crippen molar-refractivity contribution in [1.82, 2.24) is 0 Å². The van der Waals surface area contributed by atoms with Gasteiger partial charge in [0.15, 0.2) is 0 Å². The van der Waals surface area contributed by atoms with Crippen LogP contribution in [0.15, 0.2) is 30.3 Å². The van der Waals surface area contributed by atoms with E-state index in [1.807, 2.05) is 11.4 Å². The summed E-state index contributed by atoms with van der Waals surface area (Å²) in [4.78, 5) is 0. The lowest BCUT2D eigenvalue weighted by Gasteiger charge is -2.24. The quantitative estimate of drug-likeness (QED) is 0.608. The molecule has 0 N–H and O–H groups in total. The predicted molar refractivity (Wildman–Crippen MR) is 74.5 cm³/mol. The summed E-state index contributed by atoms with van der Waals surface area (Å²) in [5.74, 6) is 1.29. The molecule has 1 aliphatic heterocycles. The van der Waals surface area contributed by atoms with E-state index in [1.165, 1.54) is 24.2 Å². The second kappa shape index (κ2) is 5.69. The molecule has 0 aromatic heterocycles. The fourth-order valence-electron chi connectivity index (χ4n) is 1.49. The van der Waals surface area contributed by atoms with Gasteiger partial charge >= 0.3 is 0 Å². The molecule has 0 bridgehead atoms. The Bertz CT molecular complexity index is 278. The van der Waals surface area contributed by atoms with Crippen LogP contribution in [0, 0.1) is 0 Å². The molecule has 0 amide bonds. The van der Waals surface area contributed by atoms with Gasteiger partial charge in [-0.3, -0.25) is 0 Å². The molecule has 2 unspecified atom stereocenters. The van der Waals surface area contributed by atoms with Crippen molar-refractivity contribution in [3.8, 4) is 0 Å². The van der Waals surface area contributed by atoms with Crippen LogP contribution in [-0.4, -0.2) is 11.0 Å². The van der Waals surface area contributed by atoms with Crippen molar-refractivity contribution in [3.05, 3.63) is 35.9 Å². The molecule has 1 fully saturated rings. The van der Waals surface area contributed by atoms with Crippen LogP contribution in [0.25, 0.3) is 0 Å². The molecule has 2 atom stereocenters. The molecule has 4 heteroatoms. The smallest absolute Gasteiger partial charge is 0.0700 e. The van der Waals surface area contributed by atoms with Crippen LogP contribution in [0.1, 0.15) is 12.0 Å². The van der Waals surface area contributed by atoms with Crippen molar-refractivity contribution < 1.29 is 0 Å². The lowest BCUT2D eigenvalue weighted by atomic mass is 10.1. The van der Waals surface area contributed by atoms with Gasteiger partial charge in [-0.25, -0.2) is 0 Å². The predicted octanol–water partition coefficient (Wildman–Crippen LogP) is 4.62. The van der Waals surface area contributed by atoms with Crippen LogP contribution in [-0.2, 0) is 6.42 Å². The lowest BCUT2D eigenvalue weighted by molar-refractivity contribution is 0.828. The molecule has 0 radical (unpaired) electrons. The minimum Gasteiger partial charge on any atom is -0.130 e. The van der Waals surface area contributed by atoms with Crippen molar-refractivity contribution in [2.24, 2.45) is 0 Å². The summed E-state index contributed by atoms with van der Waals surface area (Å²) in [5, 5.41) is 0.794. The van der Waals surface area contributed by atoms with Crippen molar-refractivity contribution in [2.45, 2.75) is 18.1 Å². The number of benzene rings is 1. The number of hydrogen-bond donors (Lipinski definition) is 1. The summed E-state index contributed by atoms with van der Waals surface area (Å²) in [6.07, 6.45) is 2.55. The van der Waals surface area contributed by atoms with Gasteiger partial charge in [-0.05, 0) is 18.4 Å². The van der Waals surface area contributed by atoms with Gasteiger partial charge in [0, 0.05) is 11.0 Å². The van der Waals surface area contributed by atoms with E-state index in [0.29, 0.717) is 0 Å². The number of hydrogen-bond acceptors (Lipinski definition) is 3. The van der Waals surface area contributed by atoms with E-state index in [-0.39, 0.29) is 5.53 Å². The molecule has 1 aromatic carbocycles. The summed E-state index contributed by atoms with van der Waals surface area (Å²) < 4.78 is 0. The number of rotatable bonds is 2. The molecule has 1 aromatic rings. The topological polar surface area (TPSA) is 0 Å². The molecule has 14 heavy (non-hydrogen) atoms. The minimum absolute atomic E-state index is 0.0994. The Balaban J connectivity index is 1.91. The first-order chi connectivity index (χ1) is 6.84. The highest BCUT2D eigenvalue weighted by atomic mass is 33.4. The highest BCUT2D eigenvalue weighted by Gasteiger charge is 2.20. The molecule has 76 valence electrons. The van der Waals surface area contributed by atoms with Gasteiger partial charge in [0.25, 0.3) is 0 Å². The summed E-state index contributed by atoms with van der Waals surface area (Å²) in [7, 11) is 0. The highest BCUT2D eigenvalue weighted by Crippen LogP contribution is 2.69. The summed E-state index contributed by atoms with van der Waals surface area (Å²) >= 11 is 8.68. The summed E-state index contributed by atoms with van der Waals surface area (Å²) in [5.41, 5.74) is 1.37. The van der Waals surface area contributed by atoms with Crippen molar-refractivity contribution in [3.63, 3.8) is 0 Å². The maximum Gasteiger partial charge on any atom is 0.0700 e. The van der Waals surface area contributed by atoms with Gasteiger partial charge in [0.2, 0.25) is 0 Å². The zero-order chi connectivity index (χ0) is 9.80. The first-order valence-electron chi connectivity index (χ1n) is 4.67. The van der Waals surface area contributed by atoms with Crippen LogP contribution in [0.3, 0.4) is 0 Å². The average Bonchev–Trinajstić information content (AvgIpc) is 2.19. The molecule has 0 aliphatic carbocycles. The maximum absolute atomic E-state index is 4.58. The minimum atomic E-state index is -0.0994. The molecule has 1 heterocycles. The Kier molecular flexibility index (Phi) is 4.55. The van der Waals surface area contributed by atoms with E-state index in [9.17, 15) is 0 Å². The molecule has 2 rings (SSSR count). The van der Waals surface area contributed by atoms with E-state index in [0.717, 1.165) is 5.25 Å². The molecule has 0 saturated carbocycles. The van der Waals surface area contributed by atoms with Crippen LogP contribution < -0.4 is 0 Å². The molecular formula is C10H13PS3. The van der Waals surface area contributed by atoms with Crippen LogP contribution in [0.2, 0.25) is 0 Å². The fraction of sp³-hybridized carbons (Fsp3) is 0.400. The monoisotopic (exact) mass is 260 g/mol. The molecular weight excluding hydrogens is 247 g/mol. The Labute approximate surface area is 100 Å². The van der Waals surface area contributed by atoms with Crippen molar-refractivity contribution in [2.75, 3.05) is 5.75 Å². The number of thiol groups is 1. The largest absolute Gasteiger partial charge is 0.130 e. The Morgan fingerprint density at radius 2 is 2.14 bits per heavy atom. The summed E-state index contributed by atoms with van der Waals surface area (Å²) in [6.45, 7) is 0. The first kappa shape index (κ1) is 11.2. The average molecular weight is 260 g/mol. The molecule has 0 nitrogen and oxygen atoms in total. The highest BCUT2D eigenvalue weighted by molar-refractivity contribution is 9.09. The second-order valence-electron chi connectivity index (χ2n) is 3.28. The van der Waals surface area contributed by atoms with Gasteiger partial charge in [0.05, 0.1) is 5.53 Å². The molecule has 0 spiro atoms. The standard InChI is InChI=1S/C10H13PS3/c12-11-13-7-6-10(14-11)8-9-4-2-1-3-5-9/h1-5,10,12H,6-8H2. The van der Waals surface area contributed by atoms with Crippen LogP contribution in [0.4, 0.5) is 0 Å². The summed E-state index contributed by atoms with van der Waals surface area (Å²) in [6, 6.07) is 10.8. The zero-order valence-corrected chi connectivity index (χ0v) is 11.2. The lowest BCUT2D eigenvalue weighted by Crippen LogP contribution is -2.09. The van der Waals surface area contributed by atoms with Crippen molar-refractivity contribution in [1.29, 1.82) is 0 Å². The normalized spacial score (nSPS) is 27.5. The second-order valence-corrected chi connectivity index (χ2v) is 12.4. The molecule has 1 saturated heterocycles. The Morgan fingerprint density at radius 1 is 1.36 bits per heavy atom. The maximum atomic E-state index is 4.58. The van der Waals surface area contributed by atoms with Crippen LogP contribution >= 0.6 is 40.5 Å². The van der Waals surface area contributed by atoms with E-state index < -0.39 is 0 Å². The molecule has 1 aliphatic rings. The Morgan fingerprint density at radius 3 is 2.86 bits per heavy atom. The zero-order valence-electron chi connectivity index (χ0n) is 7.80. The van der Waals surface area contributed by atoms with E-state index in [1.54, 1.807) is 0 Å². The van der Waals surface area contributed by atoms with Gasteiger partial charge in [-0.1, -0.05) is 30.3 Å². The van der Waals surface area contributed by atoms with Crippen LogP contribution in [0.5, 0.6) is 0 Å². The van der Waals surface area contributed by atoms with Gasteiger partial charge in [-0.15, -0.1) is 35.0 Å². The van der Waals surface area contributed by atoms with E-state index in [2.05, 4.69) is 54.0 Å². The van der Waals surface area contributed by atoms with Gasteiger partial charge in [0.1, 0.15) is 0 Å².